The molecule has 1 aliphatic heterocycles. The van der Waals surface area contributed by atoms with E-state index in [1.54, 1.807) is 6.07 Å². The van der Waals surface area contributed by atoms with Crippen LogP contribution in [0.25, 0.3) is 10.9 Å². The van der Waals surface area contributed by atoms with E-state index in [0.29, 0.717) is 5.56 Å². The fourth-order valence-electron chi connectivity index (χ4n) is 3.64. The first kappa shape index (κ1) is 17.8. The summed E-state index contributed by atoms with van der Waals surface area (Å²) < 4.78 is 4.53. The summed E-state index contributed by atoms with van der Waals surface area (Å²) in [7, 11) is 1.25. The summed E-state index contributed by atoms with van der Waals surface area (Å²) in [4.78, 5) is 41.4. The zero-order valence-corrected chi connectivity index (χ0v) is 15.3. The van der Waals surface area contributed by atoms with Crippen LogP contribution in [0.1, 0.15) is 27.5 Å². The fraction of sp³-hybridized carbons (Fsp3) is 0.190. The molecular weight excluding hydrogens is 358 g/mol. The van der Waals surface area contributed by atoms with Crippen molar-refractivity contribution in [2.45, 2.75) is 6.04 Å². The third-order valence-corrected chi connectivity index (χ3v) is 4.95. The number of ether oxygens (including phenoxy) is 1. The Morgan fingerprint density at radius 2 is 1.86 bits per heavy atom. The second-order valence-electron chi connectivity index (χ2n) is 6.57. The molecule has 28 heavy (non-hydrogen) atoms. The highest BCUT2D eigenvalue weighted by Gasteiger charge is 2.39. The number of methoxy groups -OCH3 is 1. The molecule has 0 saturated carbocycles. The number of aromatic amines is 1. The Kier molecular flexibility index (Phi) is 4.57. The molecule has 0 spiro atoms. The predicted molar refractivity (Wildman–Crippen MR) is 103 cm³/mol. The van der Waals surface area contributed by atoms with Crippen molar-refractivity contribution in [3.05, 3.63) is 71.4 Å². The maximum atomic E-state index is 13.0. The van der Waals surface area contributed by atoms with E-state index in [-0.39, 0.29) is 25.0 Å². The van der Waals surface area contributed by atoms with E-state index in [1.807, 2.05) is 48.7 Å². The SMILES string of the molecule is COC(=O)CNC(=O)CN1C(=O)c2ccccc2[C@@H]1c1c[nH]c2ccccc12. The van der Waals surface area contributed by atoms with Crippen LogP contribution in [0.2, 0.25) is 0 Å². The maximum absolute atomic E-state index is 13.0. The fourth-order valence-corrected chi connectivity index (χ4v) is 3.64. The van der Waals surface area contributed by atoms with Crippen LogP contribution >= 0.6 is 0 Å². The minimum absolute atomic E-state index is 0.158. The molecule has 1 aromatic heterocycles. The number of benzene rings is 2. The van der Waals surface area contributed by atoms with Crippen LogP contribution in [-0.2, 0) is 14.3 Å². The molecule has 4 rings (SSSR count). The first-order chi connectivity index (χ1) is 13.6. The highest BCUT2D eigenvalue weighted by molar-refractivity contribution is 6.02. The highest BCUT2D eigenvalue weighted by Crippen LogP contribution is 2.40. The van der Waals surface area contributed by atoms with Crippen molar-refractivity contribution in [2.75, 3.05) is 20.2 Å². The Morgan fingerprint density at radius 1 is 1.11 bits per heavy atom. The average molecular weight is 377 g/mol. The lowest BCUT2D eigenvalue weighted by Gasteiger charge is -2.24. The van der Waals surface area contributed by atoms with Crippen LogP contribution in [0.3, 0.4) is 0 Å². The molecule has 2 heterocycles. The smallest absolute Gasteiger partial charge is 0.325 e. The molecule has 0 unspecified atom stereocenters. The topological polar surface area (TPSA) is 91.5 Å². The van der Waals surface area contributed by atoms with Gasteiger partial charge < -0.3 is 19.9 Å². The van der Waals surface area contributed by atoms with Gasteiger partial charge in [-0.2, -0.15) is 0 Å². The normalized spacial score (nSPS) is 15.5. The Balaban J connectivity index is 1.69. The van der Waals surface area contributed by atoms with Crippen LogP contribution in [-0.4, -0.2) is 47.9 Å². The minimum Gasteiger partial charge on any atom is -0.468 e. The molecular formula is C21H19N3O4. The van der Waals surface area contributed by atoms with Gasteiger partial charge in [0.1, 0.15) is 13.1 Å². The number of fused-ring (bicyclic) bond motifs is 2. The molecule has 0 saturated heterocycles. The molecule has 1 atom stereocenters. The number of rotatable bonds is 5. The molecule has 2 N–H and O–H groups in total. The largest absolute Gasteiger partial charge is 0.468 e. The third-order valence-electron chi connectivity index (χ3n) is 4.95. The number of hydrogen-bond acceptors (Lipinski definition) is 4. The van der Waals surface area contributed by atoms with Crippen molar-refractivity contribution >= 4 is 28.7 Å². The zero-order valence-electron chi connectivity index (χ0n) is 15.3. The number of aromatic nitrogens is 1. The van der Waals surface area contributed by atoms with E-state index in [9.17, 15) is 14.4 Å². The van der Waals surface area contributed by atoms with Gasteiger partial charge in [0.25, 0.3) is 5.91 Å². The van der Waals surface area contributed by atoms with E-state index in [0.717, 1.165) is 22.0 Å². The molecule has 7 heteroatoms. The number of H-pyrrole nitrogens is 1. The van der Waals surface area contributed by atoms with E-state index in [1.165, 1.54) is 12.0 Å². The number of esters is 1. The van der Waals surface area contributed by atoms with Crippen molar-refractivity contribution in [1.82, 2.24) is 15.2 Å². The lowest BCUT2D eigenvalue weighted by atomic mass is 9.97. The van der Waals surface area contributed by atoms with Gasteiger partial charge >= 0.3 is 5.97 Å². The van der Waals surface area contributed by atoms with Crippen molar-refractivity contribution in [2.24, 2.45) is 0 Å². The molecule has 0 radical (unpaired) electrons. The van der Waals surface area contributed by atoms with Gasteiger partial charge in [-0.3, -0.25) is 14.4 Å². The minimum atomic E-state index is -0.544. The lowest BCUT2D eigenvalue weighted by Crippen LogP contribution is -2.41. The molecule has 0 fully saturated rings. The Labute approximate surface area is 161 Å². The quantitative estimate of drug-likeness (QED) is 0.666. The van der Waals surface area contributed by atoms with E-state index in [4.69, 9.17) is 0 Å². The number of hydrogen-bond donors (Lipinski definition) is 2. The first-order valence-corrected chi connectivity index (χ1v) is 8.89. The molecule has 1 aliphatic rings. The van der Waals surface area contributed by atoms with Gasteiger partial charge in [-0.15, -0.1) is 0 Å². The van der Waals surface area contributed by atoms with Gasteiger partial charge in [0.15, 0.2) is 0 Å². The Hall–Kier alpha value is -3.61. The van der Waals surface area contributed by atoms with Gasteiger partial charge in [0.05, 0.1) is 13.2 Å². The lowest BCUT2D eigenvalue weighted by molar-refractivity contribution is -0.141. The van der Waals surface area contributed by atoms with Crippen LogP contribution in [0.15, 0.2) is 54.7 Å². The summed E-state index contributed by atoms with van der Waals surface area (Å²) in [6, 6.07) is 14.8. The molecule has 0 aliphatic carbocycles. The van der Waals surface area contributed by atoms with Crippen LogP contribution < -0.4 is 5.32 Å². The summed E-state index contributed by atoms with van der Waals surface area (Å²) in [5.41, 5.74) is 3.33. The van der Waals surface area contributed by atoms with Crippen molar-refractivity contribution in [3.8, 4) is 0 Å². The van der Waals surface area contributed by atoms with Crippen molar-refractivity contribution in [1.29, 1.82) is 0 Å². The summed E-state index contributed by atoms with van der Waals surface area (Å²) in [6.07, 6.45) is 1.88. The van der Waals surface area contributed by atoms with Gasteiger partial charge in [-0.05, 0) is 17.7 Å². The van der Waals surface area contributed by atoms with Gasteiger partial charge in [-0.1, -0.05) is 36.4 Å². The Morgan fingerprint density at radius 3 is 2.68 bits per heavy atom. The highest BCUT2D eigenvalue weighted by atomic mass is 16.5. The summed E-state index contributed by atoms with van der Waals surface area (Å²) in [5, 5.41) is 3.49. The number of nitrogens with one attached hydrogen (secondary N) is 2. The molecule has 3 aromatic rings. The molecule has 142 valence electrons. The second kappa shape index (κ2) is 7.19. The monoisotopic (exact) mass is 377 g/mol. The molecule has 0 bridgehead atoms. The van der Waals surface area contributed by atoms with Crippen LogP contribution in [0, 0.1) is 0 Å². The van der Waals surface area contributed by atoms with Crippen molar-refractivity contribution < 1.29 is 19.1 Å². The van der Waals surface area contributed by atoms with Gasteiger partial charge in [0.2, 0.25) is 5.91 Å². The zero-order chi connectivity index (χ0) is 19.7. The summed E-state index contributed by atoms with van der Waals surface area (Å²) in [6.45, 7) is -0.392. The van der Waals surface area contributed by atoms with Gasteiger partial charge in [0, 0.05) is 28.2 Å². The van der Waals surface area contributed by atoms with E-state index < -0.39 is 11.9 Å². The average Bonchev–Trinajstić information content (AvgIpc) is 3.26. The van der Waals surface area contributed by atoms with Crippen molar-refractivity contribution in [3.63, 3.8) is 0 Å². The second-order valence-corrected chi connectivity index (χ2v) is 6.57. The predicted octanol–water partition coefficient (Wildman–Crippen LogP) is 2.00. The maximum Gasteiger partial charge on any atom is 0.325 e. The summed E-state index contributed by atoms with van der Waals surface area (Å²) >= 11 is 0. The van der Waals surface area contributed by atoms with Crippen LogP contribution in [0.4, 0.5) is 0 Å². The summed E-state index contributed by atoms with van der Waals surface area (Å²) in [5.74, 6) is -1.17. The number of para-hydroxylation sites is 1. The van der Waals surface area contributed by atoms with E-state index in [2.05, 4.69) is 15.0 Å². The third kappa shape index (κ3) is 3.00. The standard InChI is InChI=1S/C21H19N3O4/c1-28-19(26)11-23-18(25)12-24-20(14-7-2-3-8-15(14)21(24)27)16-10-22-17-9-5-4-6-13(16)17/h2-10,20,22H,11-12H2,1H3,(H,23,25)/t20-/m1/s1. The number of carbonyl (C=O) groups is 3. The molecule has 2 aromatic carbocycles. The first-order valence-electron chi connectivity index (χ1n) is 8.89. The number of amides is 2. The number of nitrogens with zero attached hydrogens (tertiary/aromatic N) is 1. The molecule has 2 amide bonds. The molecule has 7 nitrogen and oxygen atoms in total. The number of carbonyl (C=O) groups excluding carboxylic acids is 3. The van der Waals surface area contributed by atoms with Gasteiger partial charge in [-0.25, -0.2) is 0 Å². The van der Waals surface area contributed by atoms with Crippen LogP contribution in [0.5, 0.6) is 0 Å². The Bertz CT molecular complexity index is 1070. The van der Waals surface area contributed by atoms with E-state index >= 15 is 0 Å².